The lowest BCUT2D eigenvalue weighted by molar-refractivity contribution is -0.127. The molecule has 1 fully saturated rings. The third kappa shape index (κ3) is 1.68. The number of amides is 1. The molecule has 0 radical (unpaired) electrons. The Kier molecular flexibility index (Phi) is 2.77. The maximum Gasteiger partial charge on any atom is 0.234 e. The van der Waals surface area contributed by atoms with Crippen molar-refractivity contribution >= 4 is 28.6 Å². The minimum atomic E-state index is 0.0321. The molecule has 0 aliphatic carbocycles. The molecule has 1 aliphatic heterocycles. The number of carbonyl (C=O) groups excluding carboxylic acids is 1. The smallest absolute Gasteiger partial charge is 0.234 e. The van der Waals surface area contributed by atoms with Crippen molar-refractivity contribution in [3.63, 3.8) is 0 Å². The van der Waals surface area contributed by atoms with Crippen molar-refractivity contribution in [1.29, 1.82) is 0 Å². The zero-order valence-corrected chi connectivity index (χ0v) is 10.5. The average molecular weight is 256 g/mol. The lowest BCUT2D eigenvalue weighted by atomic mass is 10.1. The molecule has 1 aromatic carbocycles. The number of aromatic nitrogens is 1. The van der Waals surface area contributed by atoms with Gasteiger partial charge in [0.05, 0.1) is 12.3 Å². The van der Waals surface area contributed by atoms with Crippen molar-refractivity contribution in [2.45, 2.75) is 5.37 Å². The Hall–Kier alpha value is -1.86. The number of nitrogens with one attached hydrogen (secondary N) is 1. The molecule has 1 saturated heterocycles. The van der Waals surface area contributed by atoms with E-state index in [2.05, 4.69) is 17.0 Å². The summed E-state index contributed by atoms with van der Waals surface area (Å²) in [4.78, 5) is 16.8. The summed E-state index contributed by atoms with van der Waals surface area (Å²) in [5.41, 5.74) is 2.23. The van der Waals surface area contributed by atoms with Crippen LogP contribution in [0.15, 0.2) is 30.5 Å². The van der Waals surface area contributed by atoms with Crippen molar-refractivity contribution in [2.24, 2.45) is 0 Å². The molecule has 1 aliphatic rings. The number of rotatable bonds is 2. The molecule has 0 saturated carbocycles. The van der Waals surface area contributed by atoms with Crippen molar-refractivity contribution in [2.75, 3.05) is 12.3 Å². The number of nitrogens with zero attached hydrogens (tertiary/aromatic N) is 1. The number of terminal acetylenes is 1. The van der Waals surface area contributed by atoms with E-state index in [1.165, 1.54) is 0 Å². The van der Waals surface area contributed by atoms with Crippen LogP contribution >= 0.6 is 11.8 Å². The monoisotopic (exact) mass is 256 g/mol. The number of hydrogen-bond donors (Lipinski definition) is 1. The highest BCUT2D eigenvalue weighted by atomic mass is 32.2. The fraction of sp³-hybridized carbons (Fsp3) is 0.214. The molecule has 4 heteroatoms. The molecular formula is C14H12N2OS. The normalized spacial score (nSPS) is 19.4. The van der Waals surface area contributed by atoms with Gasteiger partial charge in [-0.15, -0.1) is 18.2 Å². The second-order valence-electron chi connectivity index (χ2n) is 4.18. The molecule has 0 bridgehead atoms. The largest absolute Gasteiger partial charge is 0.361 e. The third-order valence-electron chi connectivity index (χ3n) is 3.12. The standard InChI is InChI=1S/C14H12N2OS/c1-2-7-16-13(17)9-18-14(16)11-8-15-12-6-4-3-5-10(11)12/h1,3-6,8,14-15H,7,9H2. The van der Waals surface area contributed by atoms with E-state index in [1.54, 1.807) is 16.7 Å². The van der Waals surface area contributed by atoms with E-state index in [-0.39, 0.29) is 11.3 Å². The topological polar surface area (TPSA) is 36.1 Å². The predicted molar refractivity (Wildman–Crippen MR) is 74.0 cm³/mol. The summed E-state index contributed by atoms with van der Waals surface area (Å²) in [6.45, 7) is 0.371. The van der Waals surface area contributed by atoms with E-state index >= 15 is 0 Å². The molecule has 90 valence electrons. The maximum absolute atomic E-state index is 11.8. The molecule has 18 heavy (non-hydrogen) atoms. The first-order valence-electron chi connectivity index (χ1n) is 5.72. The first kappa shape index (κ1) is 11.2. The van der Waals surface area contributed by atoms with E-state index < -0.39 is 0 Å². The average Bonchev–Trinajstić information content (AvgIpc) is 2.95. The fourth-order valence-corrected chi connectivity index (χ4v) is 3.49. The molecular weight excluding hydrogens is 244 g/mol. The fourth-order valence-electron chi connectivity index (χ4n) is 2.28. The number of hydrogen-bond acceptors (Lipinski definition) is 2. The molecule has 1 N–H and O–H groups in total. The van der Waals surface area contributed by atoms with Crippen LogP contribution in [0.1, 0.15) is 10.9 Å². The lowest BCUT2D eigenvalue weighted by Gasteiger charge is -2.21. The lowest BCUT2D eigenvalue weighted by Crippen LogP contribution is -2.28. The number of para-hydroxylation sites is 1. The number of H-pyrrole nitrogens is 1. The minimum absolute atomic E-state index is 0.0321. The molecule has 1 unspecified atom stereocenters. The second-order valence-corrected chi connectivity index (χ2v) is 5.25. The van der Waals surface area contributed by atoms with Crippen LogP contribution in [0.2, 0.25) is 0 Å². The van der Waals surface area contributed by atoms with Crippen LogP contribution in [0, 0.1) is 12.3 Å². The number of aromatic amines is 1. The molecule has 1 aromatic heterocycles. The van der Waals surface area contributed by atoms with Crippen LogP contribution in [-0.2, 0) is 4.79 Å². The zero-order valence-electron chi connectivity index (χ0n) is 9.72. The third-order valence-corrected chi connectivity index (χ3v) is 4.35. The van der Waals surface area contributed by atoms with E-state index in [4.69, 9.17) is 6.42 Å². The highest BCUT2D eigenvalue weighted by Crippen LogP contribution is 2.41. The summed E-state index contributed by atoms with van der Waals surface area (Å²) in [5.74, 6) is 3.19. The summed E-state index contributed by atoms with van der Waals surface area (Å²) >= 11 is 1.63. The first-order chi connectivity index (χ1) is 8.81. The van der Waals surface area contributed by atoms with Crippen LogP contribution in [0.25, 0.3) is 10.9 Å². The van der Waals surface area contributed by atoms with Gasteiger partial charge in [0.2, 0.25) is 5.91 Å². The van der Waals surface area contributed by atoms with Crippen LogP contribution in [0.4, 0.5) is 0 Å². The summed E-state index contributed by atoms with van der Waals surface area (Å²) in [5, 5.41) is 1.19. The van der Waals surface area contributed by atoms with Gasteiger partial charge in [-0.1, -0.05) is 24.1 Å². The Morgan fingerprint density at radius 2 is 2.33 bits per heavy atom. The van der Waals surface area contributed by atoms with E-state index in [1.807, 2.05) is 24.4 Å². The second kappa shape index (κ2) is 4.43. The Bertz CT molecular complexity index is 641. The Labute approximate surface area is 110 Å². The van der Waals surface area contributed by atoms with E-state index in [9.17, 15) is 4.79 Å². The van der Waals surface area contributed by atoms with Crippen molar-refractivity contribution < 1.29 is 4.79 Å². The summed E-state index contributed by atoms with van der Waals surface area (Å²) in [6, 6.07) is 8.10. The molecule has 0 spiro atoms. The van der Waals surface area contributed by atoms with Crippen molar-refractivity contribution in [3.05, 3.63) is 36.0 Å². The number of thioether (sulfide) groups is 1. The van der Waals surface area contributed by atoms with Gasteiger partial charge in [0.15, 0.2) is 0 Å². The Morgan fingerprint density at radius 3 is 3.17 bits per heavy atom. The molecule has 1 atom stereocenters. The van der Waals surface area contributed by atoms with E-state index in [0.717, 1.165) is 16.5 Å². The predicted octanol–water partition coefficient (Wildman–Crippen LogP) is 2.38. The van der Waals surface area contributed by atoms with Crippen molar-refractivity contribution in [1.82, 2.24) is 9.88 Å². The Balaban J connectivity index is 2.04. The summed E-state index contributed by atoms with van der Waals surface area (Å²) < 4.78 is 0. The van der Waals surface area contributed by atoms with Gasteiger partial charge in [0.25, 0.3) is 0 Å². The summed E-state index contributed by atoms with van der Waals surface area (Å²) in [7, 11) is 0. The zero-order chi connectivity index (χ0) is 12.5. The Morgan fingerprint density at radius 1 is 1.50 bits per heavy atom. The van der Waals surface area contributed by atoms with Gasteiger partial charge in [-0.05, 0) is 6.07 Å². The van der Waals surface area contributed by atoms with Crippen LogP contribution in [0.5, 0.6) is 0 Å². The summed E-state index contributed by atoms with van der Waals surface area (Å²) in [6.07, 6.45) is 7.31. The molecule has 2 heterocycles. The maximum atomic E-state index is 11.8. The molecule has 2 aromatic rings. The SMILES string of the molecule is C#CCN1C(=O)CSC1c1c[nH]c2ccccc12. The molecule has 1 amide bonds. The first-order valence-corrected chi connectivity index (χ1v) is 6.76. The highest BCUT2D eigenvalue weighted by Gasteiger charge is 2.33. The number of carbonyl (C=O) groups is 1. The van der Waals surface area contributed by atoms with Gasteiger partial charge >= 0.3 is 0 Å². The van der Waals surface area contributed by atoms with Crippen LogP contribution < -0.4 is 0 Å². The van der Waals surface area contributed by atoms with Gasteiger partial charge in [0.1, 0.15) is 5.37 Å². The van der Waals surface area contributed by atoms with Gasteiger partial charge in [-0.3, -0.25) is 4.79 Å². The number of fused-ring (bicyclic) bond motifs is 1. The quantitative estimate of drug-likeness (QED) is 0.837. The van der Waals surface area contributed by atoms with Gasteiger partial charge in [-0.2, -0.15) is 0 Å². The highest BCUT2D eigenvalue weighted by molar-refractivity contribution is 8.00. The van der Waals surface area contributed by atoms with E-state index in [0.29, 0.717) is 12.3 Å². The van der Waals surface area contributed by atoms with Gasteiger partial charge < -0.3 is 9.88 Å². The van der Waals surface area contributed by atoms with Crippen LogP contribution in [0.3, 0.4) is 0 Å². The molecule has 3 nitrogen and oxygen atoms in total. The van der Waals surface area contributed by atoms with Gasteiger partial charge in [0, 0.05) is 22.7 Å². The number of benzene rings is 1. The van der Waals surface area contributed by atoms with Crippen molar-refractivity contribution in [3.8, 4) is 12.3 Å². The van der Waals surface area contributed by atoms with Gasteiger partial charge in [-0.25, -0.2) is 0 Å². The molecule has 3 rings (SSSR count). The van der Waals surface area contributed by atoms with Crippen LogP contribution in [-0.4, -0.2) is 28.1 Å². The minimum Gasteiger partial charge on any atom is -0.361 e.